The molecule has 0 aliphatic carbocycles. The van der Waals surface area contributed by atoms with Crippen molar-refractivity contribution in [2.75, 3.05) is 17.3 Å². The Hall–Kier alpha value is -3.45. The lowest BCUT2D eigenvalue weighted by atomic mass is 10.2. The van der Waals surface area contributed by atoms with Crippen LogP contribution in [0.25, 0.3) is 10.2 Å². The van der Waals surface area contributed by atoms with E-state index < -0.39 is 0 Å². The normalized spacial score (nSPS) is 11.0. The Morgan fingerprint density at radius 3 is 2.59 bits per heavy atom. The van der Waals surface area contributed by atoms with E-state index in [1.165, 1.54) is 27.8 Å². The number of amides is 1. The Morgan fingerprint density at radius 2 is 1.81 bits per heavy atom. The number of aryl methyl sites for hydroxylation is 3. The van der Waals surface area contributed by atoms with Crippen molar-refractivity contribution in [3.8, 4) is 0 Å². The molecule has 1 amide bonds. The lowest BCUT2D eigenvalue weighted by Gasteiger charge is -2.23. The van der Waals surface area contributed by atoms with E-state index in [2.05, 4.69) is 27.3 Å². The zero-order chi connectivity index (χ0) is 22.7. The van der Waals surface area contributed by atoms with E-state index >= 15 is 0 Å². The van der Waals surface area contributed by atoms with Gasteiger partial charge in [-0.2, -0.15) is 0 Å². The molecule has 0 saturated carbocycles. The fourth-order valence-corrected chi connectivity index (χ4v) is 4.71. The fraction of sp³-hybridized carbons (Fsp3) is 0.240. The third-order valence-electron chi connectivity index (χ3n) is 5.59. The van der Waals surface area contributed by atoms with Crippen molar-refractivity contribution in [1.82, 2.24) is 9.55 Å². The summed E-state index contributed by atoms with van der Waals surface area (Å²) < 4.78 is 1.52. The van der Waals surface area contributed by atoms with E-state index in [-0.39, 0.29) is 24.4 Å². The summed E-state index contributed by atoms with van der Waals surface area (Å²) in [6.45, 7) is 4.94. The number of carbonyl (C=O) groups is 1. The van der Waals surface area contributed by atoms with Crippen LogP contribution in [0.15, 0.2) is 65.7 Å². The van der Waals surface area contributed by atoms with Crippen molar-refractivity contribution in [2.45, 2.75) is 33.4 Å². The quantitative estimate of drug-likeness (QED) is 0.445. The van der Waals surface area contributed by atoms with Crippen LogP contribution < -0.4 is 15.8 Å². The largest absolute Gasteiger partial charge is 0.369 e. The number of carbonyl (C=O) groups excluding carboxylic acids is 1. The van der Waals surface area contributed by atoms with Crippen LogP contribution in [0, 0.1) is 13.8 Å². The van der Waals surface area contributed by atoms with Gasteiger partial charge in [-0.1, -0.05) is 42.5 Å². The standard InChI is InChI=1S/C25H26N4O2S/c1-17-18(2)32-24-23(17)25(31)29(16-26-24)14-13-22(30)27-20-11-7-8-12-21(20)28(3)15-19-9-5-4-6-10-19/h4-12,16H,13-15H2,1-3H3,(H,27,30). The molecule has 0 fully saturated rings. The van der Waals surface area contributed by atoms with Crippen molar-refractivity contribution >= 4 is 38.8 Å². The summed E-state index contributed by atoms with van der Waals surface area (Å²) in [5, 5.41) is 3.66. The number of nitrogens with zero attached hydrogens (tertiary/aromatic N) is 3. The van der Waals surface area contributed by atoms with E-state index in [4.69, 9.17) is 0 Å². The van der Waals surface area contributed by atoms with Gasteiger partial charge in [-0.25, -0.2) is 4.98 Å². The molecule has 1 N–H and O–H groups in total. The van der Waals surface area contributed by atoms with Gasteiger partial charge in [-0.15, -0.1) is 11.3 Å². The monoisotopic (exact) mass is 446 g/mol. The second-order valence-electron chi connectivity index (χ2n) is 7.86. The predicted molar refractivity (Wildman–Crippen MR) is 132 cm³/mol. The third-order valence-corrected chi connectivity index (χ3v) is 6.70. The van der Waals surface area contributed by atoms with Crippen LogP contribution in [0.5, 0.6) is 0 Å². The molecular weight excluding hydrogens is 420 g/mol. The summed E-state index contributed by atoms with van der Waals surface area (Å²) in [6.07, 6.45) is 1.72. The second-order valence-corrected chi connectivity index (χ2v) is 9.07. The Kier molecular flexibility index (Phi) is 6.37. The Morgan fingerprint density at radius 1 is 1.09 bits per heavy atom. The number of fused-ring (bicyclic) bond motifs is 1. The van der Waals surface area contributed by atoms with Gasteiger partial charge in [0, 0.05) is 31.4 Å². The van der Waals surface area contributed by atoms with E-state index in [1.54, 1.807) is 0 Å². The van der Waals surface area contributed by atoms with Gasteiger partial charge in [0.1, 0.15) is 4.83 Å². The van der Waals surface area contributed by atoms with Crippen LogP contribution in [0.4, 0.5) is 11.4 Å². The van der Waals surface area contributed by atoms with Gasteiger partial charge in [0.2, 0.25) is 5.91 Å². The minimum atomic E-state index is -0.143. The highest BCUT2D eigenvalue weighted by Gasteiger charge is 2.14. The van der Waals surface area contributed by atoms with E-state index in [0.29, 0.717) is 5.39 Å². The number of nitrogens with one attached hydrogen (secondary N) is 1. The summed E-state index contributed by atoms with van der Waals surface area (Å²) in [4.78, 5) is 33.9. The van der Waals surface area contributed by atoms with E-state index in [0.717, 1.165) is 33.2 Å². The highest BCUT2D eigenvalue weighted by Crippen LogP contribution is 2.27. The van der Waals surface area contributed by atoms with Crippen LogP contribution in [0.2, 0.25) is 0 Å². The predicted octanol–water partition coefficient (Wildman–Crippen LogP) is 4.74. The summed E-state index contributed by atoms with van der Waals surface area (Å²) >= 11 is 1.52. The number of rotatable bonds is 7. The first-order valence-electron chi connectivity index (χ1n) is 10.5. The van der Waals surface area contributed by atoms with Crippen LogP contribution in [0.1, 0.15) is 22.4 Å². The molecule has 2 aromatic carbocycles. The van der Waals surface area contributed by atoms with Crippen LogP contribution in [-0.4, -0.2) is 22.5 Å². The smallest absolute Gasteiger partial charge is 0.262 e. The zero-order valence-electron chi connectivity index (χ0n) is 18.5. The Balaban J connectivity index is 1.45. The molecule has 0 radical (unpaired) electrons. The molecule has 0 saturated heterocycles. The number of hydrogen-bond donors (Lipinski definition) is 1. The van der Waals surface area contributed by atoms with Gasteiger partial charge in [0.15, 0.2) is 0 Å². The molecule has 4 rings (SSSR count). The molecule has 2 heterocycles. The molecule has 0 bridgehead atoms. The number of benzene rings is 2. The van der Waals surface area contributed by atoms with Gasteiger partial charge in [0.05, 0.1) is 23.1 Å². The van der Waals surface area contributed by atoms with Gasteiger partial charge in [0.25, 0.3) is 5.56 Å². The van der Waals surface area contributed by atoms with Crippen molar-refractivity contribution in [3.63, 3.8) is 0 Å². The van der Waals surface area contributed by atoms with Gasteiger partial charge < -0.3 is 10.2 Å². The van der Waals surface area contributed by atoms with Crippen LogP contribution in [0.3, 0.4) is 0 Å². The number of anilines is 2. The molecule has 0 unspecified atom stereocenters. The first kappa shape index (κ1) is 21.8. The molecule has 0 atom stereocenters. The number of aromatic nitrogens is 2. The van der Waals surface area contributed by atoms with E-state index in [9.17, 15) is 9.59 Å². The first-order chi connectivity index (χ1) is 15.4. The maximum atomic E-state index is 12.8. The average Bonchev–Trinajstić information content (AvgIpc) is 3.08. The molecule has 7 heteroatoms. The number of hydrogen-bond acceptors (Lipinski definition) is 5. The molecule has 0 aliphatic rings. The maximum Gasteiger partial charge on any atom is 0.262 e. The van der Waals surface area contributed by atoms with Crippen molar-refractivity contribution in [1.29, 1.82) is 0 Å². The molecule has 164 valence electrons. The summed E-state index contributed by atoms with van der Waals surface area (Å²) in [5.41, 5.74) is 3.76. The SMILES string of the molecule is Cc1sc2ncn(CCC(=O)Nc3ccccc3N(C)Cc3ccccc3)c(=O)c2c1C. The van der Waals surface area contributed by atoms with Gasteiger partial charge in [-0.05, 0) is 37.1 Å². The summed E-state index contributed by atoms with van der Waals surface area (Å²) in [6, 6.07) is 17.9. The van der Waals surface area contributed by atoms with Crippen LogP contribution in [-0.2, 0) is 17.9 Å². The molecule has 2 aromatic heterocycles. The molecule has 6 nitrogen and oxygen atoms in total. The molecule has 4 aromatic rings. The first-order valence-corrected chi connectivity index (χ1v) is 11.3. The molecule has 0 spiro atoms. The zero-order valence-corrected chi connectivity index (χ0v) is 19.3. The second kappa shape index (κ2) is 9.36. The third kappa shape index (κ3) is 4.57. The van der Waals surface area contributed by atoms with E-state index in [1.807, 2.05) is 63.4 Å². The maximum absolute atomic E-state index is 12.8. The highest BCUT2D eigenvalue weighted by atomic mass is 32.1. The fourth-order valence-electron chi connectivity index (χ4n) is 3.72. The molecular formula is C25H26N4O2S. The van der Waals surface area contributed by atoms with Crippen molar-refractivity contribution in [3.05, 3.63) is 87.3 Å². The lowest BCUT2D eigenvalue weighted by molar-refractivity contribution is -0.116. The topological polar surface area (TPSA) is 67.2 Å². The Labute approximate surface area is 191 Å². The number of para-hydroxylation sites is 2. The van der Waals surface area contributed by atoms with Gasteiger partial charge >= 0.3 is 0 Å². The van der Waals surface area contributed by atoms with Crippen molar-refractivity contribution in [2.24, 2.45) is 0 Å². The van der Waals surface area contributed by atoms with Crippen molar-refractivity contribution < 1.29 is 4.79 Å². The highest BCUT2D eigenvalue weighted by molar-refractivity contribution is 7.18. The summed E-state index contributed by atoms with van der Waals surface area (Å²) in [5.74, 6) is -0.143. The molecule has 0 aliphatic heterocycles. The van der Waals surface area contributed by atoms with Crippen LogP contribution >= 0.6 is 11.3 Å². The lowest BCUT2D eigenvalue weighted by Crippen LogP contribution is -2.24. The summed E-state index contributed by atoms with van der Waals surface area (Å²) in [7, 11) is 2.00. The average molecular weight is 447 g/mol. The van der Waals surface area contributed by atoms with Gasteiger partial charge in [-0.3, -0.25) is 14.2 Å². The minimum absolute atomic E-state index is 0.0901. The molecule has 32 heavy (non-hydrogen) atoms. The Bertz CT molecular complexity index is 1310. The minimum Gasteiger partial charge on any atom is -0.369 e. The number of thiophene rings is 1.